The summed E-state index contributed by atoms with van der Waals surface area (Å²) < 4.78 is 0. The van der Waals surface area contributed by atoms with Crippen LogP contribution in [-0.4, -0.2) is 35.4 Å². The smallest absolute Gasteiger partial charge is 0.273 e. The van der Waals surface area contributed by atoms with Gasteiger partial charge in [0.15, 0.2) is 0 Å². The molecule has 1 amide bonds. The third-order valence-corrected chi connectivity index (χ3v) is 4.88. The number of carbonyl (C=O) groups is 1. The molecule has 138 valence electrons. The van der Waals surface area contributed by atoms with Gasteiger partial charge in [-0.3, -0.25) is 14.9 Å². The molecule has 3 rings (SSSR count). The van der Waals surface area contributed by atoms with Crippen LogP contribution in [0, 0.1) is 28.4 Å². The number of amides is 1. The number of nitro benzene ring substituents is 1. The largest absolute Gasteiger partial charge is 0.359 e. The number of piperazine rings is 1. The van der Waals surface area contributed by atoms with E-state index in [-0.39, 0.29) is 23.2 Å². The van der Waals surface area contributed by atoms with Crippen LogP contribution in [-0.2, 0) is 11.3 Å². The Kier molecular flexibility index (Phi) is 5.28. The van der Waals surface area contributed by atoms with Crippen molar-refractivity contribution in [3.05, 3.63) is 68.2 Å². The Bertz CT molecular complexity index is 937. The molecule has 0 atom stereocenters. The van der Waals surface area contributed by atoms with E-state index in [1.807, 2.05) is 17.0 Å². The van der Waals surface area contributed by atoms with Crippen molar-refractivity contribution < 1.29 is 9.72 Å². The van der Waals surface area contributed by atoms with E-state index in [1.54, 1.807) is 30.0 Å². The van der Waals surface area contributed by atoms with E-state index < -0.39 is 4.92 Å². The maximum absolute atomic E-state index is 12.6. The van der Waals surface area contributed by atoms with Gasteiger partial charge in [-0.2, -0.15) is 5.26 Å². The molecule has 0 aromatic heterocycles. The van der Waals surface area contributed by atoms with Gasteiger partial charge in [0.25, 0.3) is 5.69 Å². The number of halogens is 1. The van der Waals surface area contributed by atoms with E-state index in [9.17, 15) is 14.9 Å². The molecule has 0 radical (unpaired) electrons. The molecule has 8 heteroatoms. The molecular weight excluding hydrogens is 368 g/mol. The number of rotatable bonds is 4. The molecule has 1 heterocycles. The van der Waals surface area contributed by atoms with E-state index in [0.29, 0.717) is 36.4 Å². The SMILES string of the molecule is Cc1cc(N2CCN(Cc3ccc(C#N)cc3)C(=O)C2)c(Cl)cc1[N+](=O)[O-]. The van der Waals surface area contributed by atoms with Crippen molar-refractivity contribution in [2.75, 3.05) is 24.5 Å². The zero-order valence-electron chi connectivity index (χ0n) is 14.7. The quantitative estimate of drug-likeness (QED) is 0.596. The normalized spacial score (nSPS) is 14.2. The van der Waals surface area contributed by atoms with Crippen LogP contribution >= 0.6 is 11.6 Å². The topological polar surface area (TPSA) is 90.5 Å². The Morgan fingerprint density at radius 2 is 1.96 bits per heavy atom. The van der Waals surface area contributed by atoms with Gasteiger partial charge in [-0.1, -0.05) is 23.7 Å². The summed E-state index contributed by atoms with van der Waals surface area (Å²) in [5.74, 6) is -0.0438. The van der Waals surface area contributed by atoms with E-state index in [0.717, 1.165) is 5.56 Å². The van der Waals surface area contributed by atoms with Crippen LogP contribution in [0.5, 0.6) is 0 Å². The zero-order chi connectivity index (χ0) is 19.6. The van der Waals surface area contributed by atoms with Gasteiger partial charge >= 0.3 is 0 Å². The fourth-order valence-electron chi connectivity index (χ4n) is 3.08. The standard InChI is InChI=1S/C19H17ClN4O3/c1-13-8-18(16(20)9-17(13)24(26)27)22-6-7-23(19(25)12-22)11-15-4-2-14(10-21)3-5-15/h2-5,8-9H,6-7,11-12H2,1H3. The van der Waals surface area contributed by atoms with Crippen molar-refractivity contribution in [2.24, 2.45) is 0 Å². The lowest BCUT2D eigenvalue weighted by Gasteiger charge is -2.36. The Labute approximate surface area is 161 Å². The highest BCUT2D eigenvalue weighted by Crippen LogP contribution is 2.33. The van der Waals surface area contributed by atoms with E-state index >= 15 is 0 Å². The molecule has 7 nitrogen and oxygen atoms in total. The van der Waals surface area contributed by atoms with E-state index in [2.05, 4.69) is 6.07 Å². The second-order valence-electron chi connectivity index (χ2n) is 6.39. The summed E-state index contributed by atoms with van der Waals surface area (Å²) in [6.45, 7) is 3.39. The minimum absolute atomic E-state index is 0.0328. The molecule has 1 aliphatic heterocycles. The summed E-state index contributed by atoms with van der Waals surface area (Å²) in [5.41, 5.74) is 2.64. The third kappa shape index (κ3) is 4.01. The van der Waals surface area contributed by atoms with Gasteiger partial charge in [-0.05, 0) is 30.7 Å². The Hall–Kier alpha value is -3.11. The van der Waals surface area contributed by atoms with Crippen molar-refractivity contribution in [1.29, 1.82) is 5.26 Å². The van der Waals surface area contributed by atoms with Gasteiger partial charge in [0.05, 0.1) is 33.8 Å². The summed E-state index contributed by atoms with van der Waals surface area (Å²) >= 11 is 6.22. The maximum atomic E-state index is 12.6. The van der Waals surface area contributed by atoms with Gasteiger partial charge in [0.1, 0.15) is 0 Å². The number of aryl methyl sites for hydroxylation is 1. The Morgan fingerprint density at radius 1 is 1.26 bits per heavy atom. The fourth-order valence-corrected chi connectivity index (χ4v) is 3.36. The zero-order valence-corrected chi connectivity index (χ0v) is 15.4. The minimum Gasteiger partial charge on any atom is -0.359 e. The van der Waals surface area contributed by atoms with Crippen molar-refractivity contribution >= 4 is 28.9 Å². The molecule has 2 aromatic rings. The first-order valence-electron chi connectivity index (χ1n) is 8.35. The molecule has 0 N–H and O–H groups in total. The fraction of sp³-hybridized carbons (Fsp3) is 0.263. The Balaban J connectivity index is 1.71. The number of hydrogen-bond donors (Lipinski definition) is 0. The molecular formula is C19H17ClN4O3. The monoisotopic (exact) mass is 384 g/mol. The molecule has 0 saturated carbocycles. The lowest BCUT2D eigenvalue weighted by molar-refractivity contribution is -0.385. The number of benzene rings is 2. The number of anilines is 1. The second-order valence-corrected chi connectivity index (χ2v) is 6.80. The average Bonchev–Trinajstić information content (AvgIpc) is 2.65. The summed E-state index contributed by atoms with van der Waals surface area (Å²) in [5, 5.41) is 20.1. The summed E-state index contributed by atoms with van der Waals surface area (Å²) in [6.07, 6.45) is 0. The van der Waals surface area contributed by atoms with Crippen LogP contribution in [0.1, 0.15) is 16.7 Å². The van der Waals surface area contributed by atoms with Crippen molar-refractivity contribution in [3.8, 4) is 6.07 Å². The van der Waals surface area contributed by atoms with E-state index in [4.69, 9.17) is 16.9 Å². The molecule has 0 unspecified atom stereocenters. The maximum Gasteiger partial charge on any atom is 0.273 e. The number of nitriles is 1. The van der Waals surface area contributed by atoms with Crippen LogP contribution in [0.3, 0.4) is 0 Å². The summed E-state index contributed by atoms with van der Waals surface area (Å²) in [6, 6.07) is 12.2. The van der Waals surface area contributed by atoms with Crippen LogP contribution < -0.4 is 4.90 Å². The molecule has 1 saturated heterocycles. The summed E-state index contributed by atoms with van der Waals surface area (Å²) in [7, 11) is 0. The predicted molar refractivity (Wildman–Crippen MR) is 102 cm³/mol. The lowest BCUT2D eigenvalue weighted by atomic mass is 10.1. The van der Waals surface area contributed by atoms with Crippen molar-refractivity contribution in [3.63, 3.8) is 0 Å². The van der Waals surface area contributed by atoms with Crippen LogP contribution in [0.4, 0.5) is 11.4 Å². The first-order valence-corrected chi connectivity index (χ1v) is 8.73. The lowest BCUT2D eigenvalue weighted by Crippen LogP contribution is -2.50. The van der Waals surface area contributed by atoms with Crippen molar-refractivity contribution in [1.82, 2.24) is 4.90 Å². The highest BCUT2D eigenvalue weighted by Gasteiger charge is 2.26. The molecule has 1 aliphatic rings. The highest BCUT2D eigenvalue weighted by molar-refractivity contribution is 6.33. The summed E-state index contributed by atoms with van der Waals surface area (Å²) in [4.78, 5) is 26.7. The number of hydrogen-bond acceptors (Lipinski definition) is 5. The van der Waals surface area contributed by atoms with E-state index in [1.165, 1.54) is 6.07 Å². The second kappa shape index (κ2) is 7.64. The van der Waals surface area contributed by atoms with Gasteiger partial charge in [-0.15, -0.1) is 0 Å². The first kappa shape index (κ1) is 18.7. The van der Waals surface area contributed by atoms with Crippen LogP contribution in [0.25, 0.3) is 0 Å². The van der Waals surface area contributed by atoms with Gasteiger partial charge in [0.2, 0.25) is 5.91 Å². The average molecular weight is 385 g/mol. The molecule has 0 aliphatic carbocycles. The highest BCUT2D eigenvalue weighted by atomic mass is 35.5. The first-order chi connectivity index (χ1) is 12.9. The predicted octanol–water partition coefficient (Wildman–Crippen LogP) is 3.28. The van der Waals surface area contributed by atoms with Crippen molar-refractivity contribution in [2.45, 2.75) is 13.5 Å². The van der Waals surface area contributed by atoms with Crippen LogP contribution in [0.15, 0.2) is 36.4 Å². The number of nitro groups is 1. The van der Waals surface area contributed by atoms with Crippen LogP contribution in [0.2, 0.25) is 5.02 Å². The molecule has 0 spiro atoms. The van der Waals surface area contributed by atoms with Gasteiger partial charge < -0.3 is 9.80 Å². The molecule has 2 aromatic carbocycles. The molecule has 0 bridgehead atoms. The minimum atomic E-state index is -0.467. The number of carbonyl (C=O) groups excluding carboxylic acids is 1. The molecule has 1 fully saturated rings. The Morgan fingerprint density at radius 3 is 2.56 bits per heavy atom. The number of nitrogens with zero attached hydrogens (tertiary/aromatic N) is 4. The van der Waals surface area contributed by atoms with Gasteiger partial charge in [-0.25, -0.2) is 0 Å². The molecule has 27 heavy (non-hydrogen) atoms. The third-order valence-electron chi connectivity index (χ3n) is 4.58. The van der Waals surface area contributed by atoms with Gasteiger partial charge in [0, 0.05) is 31.3 Å².